The van der Waals surface area contributed by atoms with Crippen LogP contribution in [-0.2, 0) is 24.4 Å². The van der Waals surface area contributed by atoms with Gasteiger partial charge in [-0.2, -0.15) is 5.10 Å². The Labute approximate surface area is 152 Å². The molecule has 1 aromatic heterocycles. The number of carbonyl (C=O) groups excluding carboxylic acids is 1. The molecule has 1 saturated heterocycles. The number of nitrogens with zero attached hydrogens (tertiary/aromatic N) is 4. The van der Waals surface area contributed by atoms with Crippen molar-refractivity contribution in [3.05, 3.63) is 47.5 Å². The molecule has 2 aliphatic rings. The topological polar surface area (TPSA) is 53.4 Å². The van der Waals surface area contributed by atoms with E-state index >= 15 is 0 Å². The Balaban J connectivity index is 1.38. The lowest BCUT2D eigenvalue weighted by Crippen LogP contribution is -2.42. The molecule has 0 spiro atoms. The number of fused-ring (bicyclic) bond motifs is 1. The van der Waals surface area contributed by atoms with Crippen LogP contribution >= 0.6 is 0 Å². The maximum absolute atomic E-state index is 13.1. The first-order chi connectivity index (χ1) is 12.6. The normalized spacial score (nSPS) is 20.2. The summed E-state index contributed by atoms with van der Waals surface area (Å²) >= 11 is 0. The van der Waals surface area contributed by atoms with E-state index in [0.29, 0.717) is 12.6 Å². The second-order valence-corrected chi connectivity index (χ2v) is 7.10. The summed E-state index contributed by atoms with van der Waals surface area (Å²) in [6.45, 7) is 6.72. The molecule has 0 bridgehead atoms. The van der Waals surface area contributed by atoms with Crippen molar-refractivity contribution in [1.29, 1.82) is 0 Å². The predicted octanol–water partition coefficient (Wildman–Crippen LogP) is 1.75. The average Bonchev–Trinajstić information content (AvgIpc) is 3.26. The Hall–Kier alpha value is -2.41. The lowest BCUT2D eigenvalue weighted by Gasteiger charge is -2.32. The van der Waals surface area contributed by atoms with Crippen LogP contribution in [0.3, 0.4) is 0 Å². The van der Waals surface area contributed by atoms with Gasteiger partial charge in [0.05, 0.1) is 24.5 Å². The molecule has 1 amide bonds. The number of halogens is 1. The molecule has 0 aliphatic carbocycles. The molecule has 6 nitrogen and oxygen atoms in total. The van der Waals surface area contributed by atoms with Gasteiger partial charge < -0.3 is 10.2 Å². The van der Waals surface area contributed by atoms with Crippen molar-refractivity contribution in [3.63, 3.8) is 0 Å². The van der Waals surface area contributed by atoms with Crippen LogP contribution in [0.15, 0.2) is 30.3 Å². The summed E-state index contributed by atoms with van der Waals surface area (Å²) in [5.74, 6) is -0.228. The smallest absolute Gasteiger partial charge is 0.217 e. The van der Waals surface area contributed by atoms with Gasteiger partial charge in [0, 0.05) is 44.8 Å². The monoisotopic (exact) mass is 357 g/mol. The number of nitrogens with one attached hydrogen (secondary N) is 1. The molecule has 4 rings (SSSR count). The first kappa shape index (κ1) is 17.0. The number of benzene rings is 1. The molecule has 3 heterocycles. The van der Waals surface area contributed by atoms with Gasteiger partial charge in [-0.05, 0) is 36.8 Å². The van der Waals surface area contributed by atoms with E-state index in [1.165, 1.54) is 24.8 Å². The van der Waals surface area contributed by atoms with Gasteiger partial charge in [-0.1, -0.05) is 0 Å². The quantitative estimate of drug-likeness (QED) is 0.906. The van der Waals surface area contributed by atoms with Crippen molar-refractivity contribution in [1.82, 2.24) is 20.0 Å². The van der Waals surface area contributed by atoms with Crippen molar-refractivity contribution in [2.75, 3.05) is 24.5 Å². The second kappa shape index (κ2) is 7.07. The summed E-state index contributed by atoms with van der Waals surface area (Å²) < 4.78 is 15.2. The highest BCUT2D eigenvalue weighted by atomic mass is 19.1. The Bertz CT molecular complexity index is 788. The Morgan fingerprint density at radius 3 is 2.85 bits per heavy atom. The number of amides is 1. The van der Waals surface area contributed by atoms with E-state index in [2.05, 4.69) is 31.0 Å². The van der Waals surface area contributed by atoms with Gasteiger partial charge in [0.1, 0.15) is 5.82 Å². The lowest BCUT2D eigenvalue weighted by molar-refractivity contribution is -0.119. The van der Waals surface area contributed by atoms with Crippen LogP contribution in [0.25, 0.3) is 0 Å². The van der Waals surface area contributed by atoms with Crippen molar-refractivity contribution in [3.8, 4) is 0 Å². The lowest BCUT2D eigenvalue weighted by atomic mass is 10.2. The zero-order chi connectivity index (χ0) is 18.1. The van der Waals surface area contributed by atoms with Gasteiger partial charge in [-0.3, -0.25) is 14.4 Å². The van der Waals surface area contributed by atoms with Gasteiger partial charge in [0.2, 0.25) is 5.91 Å². The molecule has 2 aromatic rings. The van der Waals surface area contributed by atoms with Crippen molar-refractivity contribution < 1.29 is 9.18 Å². The minimum Gasteiger partial charge on any atom is -0.370 e. The van der Waals surface area contributed by atoms with Crippen molar-refractivity contribution in [2.24, 2.45) is 0 Å². The van der Waals surface area contributed by atoms with E-state index in [1.807, 2.05) is 12.1 Å². The van der Waals surface area contributed by atoms with Crippen LogP contribution in [0.1, 0.15) is 24.7 Å². The Morgan fingerprint density at radius 2 is 2.08 bits per heavy atom. The fourth-order valence-corrected chi connectivity index (χ4v) is 3.89. The summed E-state index contributed by atoms with van der Waals surface area (Å²) in [6, 6.07) is 9.36. The molecule has 1 fully saturated rings. The number of carbonyl (C=O) groups is 1. The number of aromatic nitrogens is 2. The standard InChI is InChI=1S/C19H24FN5O/c1-14(26)21-11-16-10-19-13-24(8-9-25(19)22-16)18-6-7-23(12-18)17-4-2-15(20)3-5-17/h2-5,10,18H,6-9,11-13H2,1H3,(H,21,26). The van der Waals surface area contributed by atoms with Crippen LogP contribution in [0.5, 0.6) is 0 Å². The van der Waals surface area contributed by atoms with Gasteiger partial charge in [0.25, 0.3) is 0 Å². The predicted molar refractivity (Wildman–Crippen MR) is 97.2 cm³/mol. The number of hydrogen-bond acceptors (Lipinski definition) is 4. The molecule has 26 heavy (non-hydrogen) atoms. The average molecular weight is 357 g/mol. The summed E-state index contributed by atoms with van der Waals surface area (Å²) in [4.78, 5) is 15.9. The van der Waals surface area contributed by atoms with Gasteiger partial charge >= 0.3 is 0 Å². The molecule has 1 N–H and O–H groups in total. The molecule has 0 radical (unpaired) electrons. The Kier molecular flexibility index (Phi) is 4.63. The van der Waals surface area contributed by atoms with Crippen LogP contribution in [0.4, 0.5) is 10.1 Å². The first-order valence-corrected chi connectivity index (χ1v) is 9.13. The SMILES string of the molecule is CC(=O)NCc1cc2n(n1)CCN(C1CCN(c3ccc(F)cc3)C1)C2. The minimum atomic E-state index is -0.191. The molecular weight excluding hydrogens is 333 g/mol. The maximum Gasteiger partial charge on any atom is 0.217 e. The van der Waals surface area contributed by atoms with E-state index in [9.17, 15) is 9.18 Å². The van der Waals surface area contributed by atoms with E-state index in [1.54, 1.807) is 0 Å². The molecular formula is C19H24FN5O. The zero-order valence-electron chi connectivity index (χ0n) is 15.0. The highest BCUT2D eigenvalue weighted by molar-refractivity contribution is 5.72. The Morgan fingerprint density at radius 1 is 1.27 bits per heavy atom. The second-order valence-electron chi connectivity index (χ2n) is 7.10. The number of rotatable bonds is 4. The molecule has 1 unspecified atom stereocenters. The van der Waals surface area contributed by atoms with E-state index < -0.39 is 0 Å². The van der Waals surface area contributed by atoms with Gasteiger partial charge in [-0.15, -0.1) is 0 Å². The van der Waals surface area contributed by atoms with Crippen molar-refractivity contribution in [2.45, 2.75) is 39.0 Å². The summed E-state index contributed by atoms with van der Waals surface area (Å²) in [5.41, 5.74) is 3.21. The highest BCUT2D eigenvalue weighted by Gasteiger charge is 2.30. The molecule has 1 atom stereocenters. The van der Waals surface area contributed by atoms with E-state index in [-0.39, 0.29) is 11.7 Å². The maximum atomic E-state index is 13.1. The van der Waals surface area contributed by atoms with Crippen LogP contribution < -0.4 is 10.2 Å². The summed E-state index contributed by atoms with van der Waals surface area (Å²) in [7, 11) is 0. The van der Waals surface area contributed by atoms with Gasteiger partial charge in [-0.25, -0.2) is 4.39 Å². The summed E-state index contributed by atoms with van der Waals surface area (Å²) in [6.07, 6.45) is 1.12. The molecule has 138 valence electrons. The number of hydrogen-bond donors (Lipinski definition) is 1. The molecule has 0 saturated carbocycles. The largest absolute Gasteiger partial charge is 0.370 e. The third kappa shape index (κ3) is 3.58. The zero-order valence-corrected chi connectivity index (χ0v) is 15.0. The van der Waals surface area contributed by atoms with Crippen molar-refractivity contribution >= 4 is 11.6 Å². The highest BCUT2D eigenvalue weighted by Crippen LogP contribution is 2.26. The third-order valence-electron chi connectivity index (χ3n) is 5.27. The minimum absolute atomic E-state index is 0.0376. The fourth-order valence-electron chi connectivity index (χ4n) is 3.89. The van der Waals surface area contributed by atoms with Crippen LogP contribution in [0, 0.1) is 5.82 Å². The van der Waals surface area contributed by atoms with Crippen LogP contribution in [0.2, 0.25) is 0 Å². The van der Waals surface area contributed by atoms with Gasteiger partial charge in [0.15, 0.2) is 0 Å². The first-order valence-electron chi connectivity index (χ1n) is 9.13. The third-order valence-corrected chi connectivity index (χ3v) is 5.27. The van der Waals surface area contributed by atoms with E-state index in [4.69, 9.17) is 0 Å². The number of anilines is 1. The summed E-state index contributed by atoms with van der Waals surface area (Å²) in [5, 5.41) is 7.39. The fraction of sp³-hybridized carbons (Fsp3) is 0.474. The molecule has 7 heteroatoms. The van der Waals surface area contributed by atoms with E-state index in [0.717, 1.165) is 50.5 Å². The molecule has 2 aliphatic heterocycles. The van der Waals surface area contributed by atoms with Crippen LogP contribution in [-0.4, -0.2) is 46.3 Å². The molecule has 1 aromatic carbocycles.